The summed E-state index contributed by atoms with van der Waals surface area (Å²) >= 11 is 0. The number of alkyl halides is 2. The van der Waals surface area contributed by atoms with E-state index >= 15 is 0 Å². The van der Waals surface area contributed by atoms with E-state index in [0.717, 1.165) is 6.42 Å². The molecule has 2 nitrogen and oxygen atoms in total. The van der Waals surface area contributed by atoms with Crippen molar-refractivity contribution in [2.45, 2.75) is 56.5 Å². The summed E-state index contributed by atoms with van der Waals surface area (Å²) in [5.74, 6) is -2.60. The molecule has 0 heterocycles. The lowest BCUT2D eigenvalue weighted by atomic mass is 9.56. The number of aliphatic hydroxyl groups is 2. The number of hydrogen-bond donors (Lipinski definition) is 2. The highest BCUT2D eigenvalue weighted by Crippen LogP contribution is 2.55. The highest BCUT2D eigenvalue weighted by Gasteiger charge is 2.56. The van der Waals surface area contributed by atoms with E-state index in [9.17, 15) is 19.0 Å². The summed E-state index contributed by atoms with van der Waals surface area (Å²) in [5, 5.41) is 19.7. The van der Waals surface area contributed by atoms with Crippen molar-refractivity contribution >= 4 is 0 Å². The fraction of sp³-hybridized carbons (Fsp3) is 1.00. The molecule has 2 saturated carbocycles. The van der Waals surface area contributed by atoms with Crippen LogP contribution in [0.15, 0.2) is 0 Å². The van der Waals surface area contributed by atoms with Crippen molar-refractivity contribution in [1.29, 1.82) is 0 Å². The third kappa shape index (κ3) is 1.68. The van der Waals surface area contributed by atoms with E-state index < -0.39 is 16.9 Å². The van der Waals surface area contributed by atoms with Crippen LogP contribution in [0.4, 0.5) is 8.78 Å². The molecule has 0 radical (unpaired) electrons. The van der Waals surface area contributed by atoms with Crippen LogP contribution in [0.5, 0.6) is 0 Å². The van der Waals surface area contributed by atoms with E-state index in [1.54, 1.807) is 0 Å². The first kappa shape index (κ1) is 11.3. The van der Waals surface area contributed by atoms with Gasteiger partial charge in [0.25, 0.3) is 0 Å². The van der Waals surface area contributed by atoms with E-state index in [1.165, 1.54) is 0 Å². The molecule has 2 aliphatic rings. The molecule has 0 aromatic rings. The zero-order chi connectivity index (χ0) is 11.2. The van der Waals surface area contributed by atoms with Crippen molar-refractivity contribution in [2.24, 2.45) is 5.41 Å². The van der Waals surface area contributed by atoms with Gasteiger partial charge in [-0.1, -0.05) is 0 Å². The van der Waals surface area contributed by atoms with Gasteiger partial charge in [-0.05, 0) is 32.1 Å². The smallest absolute Gasteiger partial charge is 0.248 e. The van der Waals surface area contributed by atoms with Gasteiger partial charge >= 0.3 is 0 Å². The van der Waals surface area contributed by atoms with Crippen LogP contribution in [-0.2, 0) is 0 Å². The van der Waals surface area contributed by atoms with Crippen LogP contribution in [0.3, 0.4) is 0 Å². The number of rotatable bonds is 2. The van der Waals surface area contributed by atoms with Gasteiger partial charge < -0.3 is 10.2 Å². The minimum atomic E-state index is -2.60. The first-order chi connectivity index (χ1) is 6.93. The third-order valence-corrected chi connectivity index (χ3v) is 4.41. The Kier molecular flexibility index (Phi) is 2.54. The molecule has 0 saturated heterocycles. The molecular weight excluding hydrogens is 202 g/mol. The average molecular weight is 220 g/mol. The predicted molar refractivity (Wildman–Crippen MR) is 51.7 cm³/mol. The molecule has 0 atom stereocenters. The molecule has 0 aliphatic heterocycles. The highest BCUT2D eigenvalue weighted by atomic mass is 19.3. The van der Waals surface area contributed by atoms with Crippen LogP contribution in [0.1, 0.15) is 44.9 Å². The molecule has 0 unspecified atom stereocenters. The van der Waals surface area contributed by atoms with Gasteiger partial charge in [0.05, 0.1) is 12.2 Å². The molecule has 2 aliphatic carbocycles. The number of hydrogen-bond acceptors (Lipinski definition) is 2. The Morgan fingerprint density at radius 2 is 1.47 bits per heavy atom. The molecule has 88 valence electrons. The zero-order valence-corrected chi connectivity index (χ0v) is 8.81. The average Bonchev–Trinajstić information content (AvgIpc) is 2.15. The Hall–Kier alpha value is -0.220. The van der Waals surface area contributed by atoms with E-state index in [2.05, 4.69) is 0 Å². The van der Waals surface area contributed by atoms with Gasteiger partial charge in [0.1, 0.15) is 0 Å². The van der Waals surface area contributed by atoms with Crippen molar-refractivity contribution in [3.05, 3.63) is 0 Å². The largest absolute Gasteiger partial charge is 0.396 e. The van der Waals surface area contributed by atoms with Gasteiger partial charge in [0, 0.05) is 18.3 Å². The third-order valence-electron chi connectivity index (χ3n) is 4.41. The molecule has 2 N–H and O–H groups in total. The van der Waals surface area contributed by atoms with Crippen molar-refractivity contribution in [1.82, 2.24) is 0 Å². The first-order valence-corrected chi connectivity index (χ1v) is 5.64. The highest BCUT2D eigenvalue weighted by molar-refractivity contribution is 5.06. The lowest BCUT2D eigenvalue weighted by Gasteiger charge is -2.54. The first-order valence-electron chi connectivity index (χ1n) is 5.64. The van der Waals surface area contributed by atoms with Crippen LogP contribution in [0.25, 0.3) is 0 Å². The van der Waals surface area contributed by atoms with Crippen LogP contribution in [0, 0.1) is 5.41 Å². The van der Waals surface area contributed by atoms with E-state index in [0.29, 0.717) is 12.8 Å². The summed E-state index contributed by atoms with van der Waals surface area (Å²) in [4.78, 5) is 0. The maximum Gasteiger partial charge on any atom is 0.248 e. The maximum absolute atomic E-state index is 13.0. The summed E-state index contributed by atoms with van der Waals surface area (Å²) in [6, 6.07) is 0. The molecule has 2 fully saturated rings. The van der Waals surface area contributed by atoms with Crippen LogP contribution >= 0.6 is 0 Å². The van der Waals surface area contributed by atoms with E-state index in [1.807, 2.05) is 0 Å². The van der Waals surface area contributed by atoms with Crippen molar-refractivity contribution in [2.75, 3.05) is 6.61 Å². The summed E-state index contributed by atoms with van der Waals surface area (Å²) in [6.45, 7) is -0.167. The molecular formula is C11H18F2O2. The molecule has 0 spiro atoms. The Morgan fingerprint density at radius 1 is 0.933 bits per heavy atom. The Balaban J connectivity index is 2.11. The zero-order valence-electron chi connectivity index (χ0n) is 8.81. The van der Waals surface area contributed by atoms with Gasteiger partial charge in [-0.15, -0.1) is 0 Å². The Morgan fingerprint density at radius 3 is 1.80 bits per heavy atom. The van der Waals surface area contributed by atoms with Crippen molar-refractivity contribution in [3.8, 4) is 0 Å². The standard InChI is InChI=1S/C11H18F2O2/c12-11(13)6-4-9(8-14,5-7-11)10(15)2-1-3-10/h14-15H,1-8H2. The van der Waals surface area contributed by atoms with Crippen LogP contribution < -0.4 is 0 Å². The quantitative estimate of drug-likeness (QED) is 0.748. The van der Waals surface area contributed by atoms with E-state index in [4.69, 9.17) is 0 Å². The molecule has 0 aromatic heterocycles. The fourth-order valence-electron chi connectivity index (χ4n) is 2.91. The summed E-state index contributed by atoms with van der Waals surface area (Å²) < 4.78 is 26.1. The fourth-order valence-corrected chi connectivity index (χ4v) is 2.91. The lowest BCUT2D eigenvalue weighted by molar-refractivity contribution is -0.196. The van der Waals surface area contributed by atoms with Gasteiger partial charge in [-0.25, -0.2) is 8.78 Å². The van der Waals surface area contributed by atoms with Crippen molar-refractivity contribution in [3.63, 3.8) is 0 Å². The van der Waals surface area contributed by atoms with Crippen LogP contribution in [-0.4, -0.2) is 28.3 Å². The number of halogens is 2. The van der Waals surface area contributed by atoms with Gasteiger partial charge in [0.15, 0.2) is 0 Å². The molecule has 2 rings (SSSR count). The SMILES string of the molecule is OCC1(C2(O)CCC2)CCC(F)(F)CC1. The minimum absolute atomic E-state index is 0.167. The topological polar surface area (TPSA) is 40.5 Å². The second-order valence-electron chi connectivity index (χ2n) is 5.18. The second-order valence-corrected chi connectivity index (χ2v) is 5.18. The summed E-state index contributed by atoms with van der Waals surface area (Å²) in [6.07, 6.45) is 2.33. The second kappa shape index (κ2) is 3.39. The summed E-state index contributed by atoms with van der Waals surface area (Å²) in [5.41, 5.74) is -1.54. The molecule has 0 amide bonds. The number of aliphatic hydroxyl groups excluding tert-OH is 1. The Labute approximate surface area is 88.3 Å². The van der Waals surface area contributed by atoms with Gasteiger partial charge in [-0.3, -0.25) is 0 Å². The normalized spacial score (nSPS) is 32.0. The minimum Gasteiger partial charge on any atom is -0.396 e. The predicted octanol–water partition coefficient (Wildman–Crippen LogP) is 2.09. The van der Waals surface area contributed by atoms with E-state index in [-0.39, 0.29) is 32.3 Å². The molecule has 15 heavy (non-hydrogen) atoms. The van der Waals surface area contributed by atoms with Gasteiger partial charge in [0.2, 0.25) is 5.92 Å². The molecule has 0 bridgehead atoms. The monoisotopic (exact) mass is 220 g/mol. The lowest BCUT2D eigenvalue weighted by Crippen LogP contribution is -2.57. The summed E-state index contributed by atoms with van der Waals surface area (Å²) in [7, 11) is 0. The maximum atomic E-state index is 13.0. The Bertz CT molecular complexity index is 239. The van der Waals surface area contributed by atoms with Gasteiger partial charge in [-0.2, -0.15) is 0 Å². The van der Waals surface area contributed by atoms with Crippen LogP contribution in [0.2, 0.25) is 0 Å². The molecule has 0 aromatic carbocycles. The molecule has 4 heteroatoms. The van der Waals surface area contributed by atoms with Crippen molar-refractivity contribution < 1.29 is 19.0 Å².